The maximum Gasteiger partial charge on any atom is 0.194 e. The van der Waals surface area contributed by atoms with E-state index in [0.29, 0.717) is 29.5 Å². The number of aliphatic imine (C=N–C) groups is 1. The molecule has 150 valence electrons. The Morgan fingerprint density at radius 2 is 1.96 bits per heavy atom. The number of nitrogens with one attached hydrogen (secondary N) is 1. The molecule has 7 heteroatoms. The van der Waals surface area contributed by atoms with E-state index in [-0.39, 0.29) is 5.92 Å². The third kappa shape index (κ3) is 4.91. The zero-order valence-electron chi connectivity index (χ0n) is 16.4. The maximum absolute atomic E-state index is 11.7. The fourth-order valence-corrected chi connectivity index (χ4v) is 6.29. The van der Waals surface area contributed by atoms with E-state index < -0.39 is 9.84 Å². The number of hydrogen-bond acceptors (Lipinski definition) is 4. The van der Waals surface area contributed by atoms with Crippen LogP contribution in [0.2, 0.25) is 0 Å². The lowest BCUT2D eigenvalue weighted by atomic mass is 9.82. The number of sulfone groups is 1. The third-order valence-electron chi connectivity index (χ3n) is 6.62. The molecule has 3 saturated heterocycles. The first-order valence-electron chi connectivity index (χ1n) is 10.3. The molecule has 3 heterocycles. The van der Waals surface area contributed by atoms with Gasteiger partial charge in [0.05, 0.1) is 11.5 Å². The van der Waals surface area contributed by atoms with Crippen LogP contribution in [0.3, 0.4) is 0 Å². The smallest absolute Gasteiger partial charge is 0.194 e. The van der Waals surface area contributed by atoms with Crippen LogP contribution in [0.5, 0.6) is 0 Å². The molecule has 3 aliphatic rings. The lowest BCUT2D eigenvalue weighted by molar-refractivity contribution is 0.0816. The van der Waals surface area contributed by atoms with E-state index in [4.69, 9.17) is 9.73 Å². The summed E-state index contributed by atoms with van der Waals surface area (Å²) in [5.41, 5.74) is 0.398. The van der Waals surface area contributed by atoms with Crippen LogP contribution >= 0.6 is 0 Å². The van der Waals surface area contributed by atoms with Gasteiger partial charge in [0.2, 0.25) is 0 Å². The van der Waals surface area contributed by atoms with Crippen molar-refractivity contribution in [2.24, 2.45) is 16.3 Å². The molecule has 0 amide bonds. The minimum Gasteiger partial charge on any atom is -0.381 e. The first-order valence-corrected chi connectivity index (χ1v) is 12.1. The molecular formula is C19H35N3O3S. The SMILES string of the molecule is CCC1(CC)CCN(C(=NCC2CCS(=O)(=O)C2)NC2CCOCC2)C1. The molecular weight excluding hydrogens is 350 g/mol. The fourth-order valence-electron chi connectivity index (χ4n) is 4.44. The second-order valence-electron chi connectivity index (χ2n) is 8.34. The molecule has 0 aliphatic carbocycles. The van der Waals surface area contributed by atoms with Crippen molar-refractivity contribution in [2.75, 3.05) is 44.4 Å². The molecule has 0 bridgehead atoms. The summed E-state index contributed by atoms with van der Waals surface area (Å²) in [7, 11) is -2.84. The van der Waals surface area contributed by atoms with Gasteiger partial charge in [0.1, 0.15) is 0 Å². The van der Waals surface area contributed by atoms with Gasteiger partial charge in [-0.15, -0.1) is 0 Å². The molecule has 0 saturated carbocycles. The molecule has 3 aliphatic heterocycles. The molecule has 0 spiro atoms. The van der Waals surface area contributed by atoms with Crippen molar-refractivity contribution in [3.05, 3.63) is 0 Å². The van der Waals surface area contributed by atoms with Crippen molar-refractivity contribution < 1.29 is 13.2 Å². The van der Waals surface area contributed by atoms with Gasteiger partial charge < -0.3 is 15.0 Å². The Balaban J connectivity index is 1.68. The van der Waals surface area contributed by atoms with Gasteiger partial charge in [-0.25, -0.2) is 8.42 Å². The van der Waals surface area contributed by atoms with Gasteiger partial charge in [-0.05, 0) is 49.9 Å². The highest BCUT2D eigenvalue weighted by Gasteiger charge is 2.37. The van der Waals surface area contributed by atoms with Crippen LogP contribution in [0.1, 0.15) is 52.4 Å². The largest absolute Gasteiger partial charge is 0.381 e. The third-order valence-corrected chi connectivity index (χ3v) is 8.46. The molecule has 0 aromatic rings. The summed E-state index contributed by atoms with van der Waals surface area (Å²) in [5, 5.41) is 3.68. The first kappa shape index (κ1) is 19.9. The number of rotatable bonds is 5. The van der Waals surface area contributed by atoms with Crippen LogP contribution in [0.25, 0.3) is 0 Å². The number of guanidine groups is 1. The Morgan fingerprint density at radius 3 is 2.54 bits per heavy atom. The van der Waals surface area contributed by atoms with Crippen molar-refractivity contribution in [2.45, 2.75) is 58.4 Å². The predicted molar refractivity (Wildman–Crippen MR) is 105 cm³/mol. The molecule has 0 aromatic heterocycles. The molecule has 6 nitrogen and oxygen atoms in total. The van der Waals surface area contributed by atoms with Crippen LogP contribution in [0.15, 0.2) is 4.99 Å². The molecule has 3 fully saturated rings. The highest BCUT2D eigenvalue weighted by Crippen LogP contribution is 2.37. The Labute approximate surface area is 158 Å². The van der Waals surface area contributed by atoms with Gasteiger partial charge in [-0.3, -0.25) is 4.99 Å². The highest BCUT2D eigenvalue weighted by molar-refractivity contribution is 7.91. The summed E-state index contributed by atoms with van der Waals surface area (Å²) in [5.74, 6) is 1.80. The average Bonchev–Trinajstić information content (AvgIpc) is 3.23. The summed E-state index contributed by atoms with van der Waals surface area (Å²) in [6.45, 7) is 8.90. The molecule has 0 aromatic carbocycles. The number of ether oxygens (including phenoxy) is 1. The topological polar surface area (TPSA) is 71.0 Å². The lowest BCUT2D eigenvalue weighted by Crippen LogP contribution is -2.47. The average molecular weight is 386 g/mol. The van der Waals surface area contributed by atoms with E-state index in [9.17, 15) is 8.42 Å². The molecule has 1 atom stereocenters. The van der Waals surface area contributed by atoms with E-state index >= 15 is 0 Å². The summed E-state index contributed by atoms with van der Waals surface area (Å²) < 4.78 is 28.9. The van der Waals surface area contributed by atoms with E-state index in [1.54, 1.807) is 0 Å². The Kier molecular flexibility index (Phi) is 6.49. The van der Waals surface area contributed by atoms with Crippen molar-refractivity contribution in [3.8, 4) is 0 Å². The lowest BCUT2D eigenvalue weighted by Gasteiger charge is -2.31. The molecule has 26 heavy (non-hydrogen) atoms. The zero-order valence-corrected chi connectivity index (χ0v) is 17.2. The van der Waals surface area contributed by atoms with Crippen LogP contribution in [0, 0.1) is 11.3 Å². The Bertz CT molecular complexity index is 595. The fraction of sp³-hybridized carbons (Fsp3) is 0.947. The minimum absolute atomic E-state index is 0.177. The standard InChI is InChI=1S/C19H35N3O3S/c1-3-19(4-2)8-9-22(15-19)18(21-17-5-10-25-11-6-17)20-13-16-7-12-26(23,24)14-16/h16-17H,3-15H2,1-2H3,(H,20,21). The monoisotopic (exact) mass is 385 g/mol. The van der Waals surface area contributed by atoms with Gasteiger partial charge in [0.25, 0.3) is 0 Å². The predicted octanol–water partition coefficient (Wildman–Crippen LogP) is 2.06. The second kappa shape index (κ2) is 8.46. The summed E-state index contributed by atoms with van der Waals surface area (Å²) >= 11 is 0. The Morgan fingerprint density at radius 1 is 1.23 bits per heavy atom. The molecule has 1 N–H and O–H groups in total. The Hall–Kier alpha value is -0.820. The molecule has 1 unspecified atom stereocenters. The van der Waals surface area contributed by atoms with Gasteiger partial charge in [0, 0.05) is 38.9 Å². The van der Waals surface area contributed by atoms with Crippen molar-refractivity contribution in [1.82, 2.24) is 10.2 Å². The number of hydrogen-bond donors (Lipinski definition) is 1. The van der Waals surface area contributed by atoms with E-state index in [1.165, 1.54) is 19.3 Å². The van der Waals surface area contributed by atoms with E-state index in [0.717, 1.165) is 51.5 Å². The summed E-state index contributed by atoms with van der Waals surface area (Å²) in [4.78, 5) is 7.32. The molecule has 0 radical (unpaired) electrons. The molecule has 3 rings (SSSR count). The van der Waals surface area contributed by atoms with E-state index in [1.807, 2.05) is 0 Å². The zero-order chi connectivity index (χ0) is 18.6. The number of likely N-dealkylation sites (tertiary alicyclic amines) is 1. The van der Waals surface area contributed by atoms with Crippen molar-refractivity contribution in [1.29, 1.82) is 0 Å². The van der Waals surface area contributed by atoms with Gasteiger partial charge in [0.15, 0.2) is 15.8 Å². The minimum atomic E-state index is -2.84. The quantitative estimate of drug-likeness (QED) is 0.579. The number of nitrogens with zero attached hydrogens (tertiary/aromatic N) is 2. The van der Waals surface area contributed by atoms with Crippen LogP contribution in [-0.2, 0) is 14.6 Å². The van der Waals surface area contributed by atoms with Gasteiger partial charge >= 0.3 is 0 Å². The highest BCUT2D eigenvalue weighted by atomic mass is 32.2. The normalized spacial score (nSPS) is 29.2. The first-order chi connectivity index (χ1) is 12.5. The van der Waals surface area contributed by atoms with Crippen molar-refractivity contribution >= 4 is 15.8 Å². The van der Waals surface area contributed by atoms with Crippen LogP contribution in [0.4, 0.5) is 0 Å². The summed E-state index contributed by atoms with van der Waals surface area (Å²) in [6, 6.07) is 0.410. The van der Waals surface area contributed by atoms with Crippen molar-refractivity contribution in [3.63, 3.8) is 0 Å². The van der Waals surface area contributed by atoms with Crippen LogP contribution < -0.4 is 5.32 Å². The van der Waals surface area contributed by atoms with E-state index in [2.05, 4.69) is 24.1 Å². The summed E-state index contributed by atoms with van der Waals surface area (Å²) in [6.07, 6.45) is 6.39. The maximum atomic E-state index is 11.7. The van der Waals surface area contributed by atoms with Gasteiger partial charge in [-0.2, -0.15) is 0 Å². The van der Waals surface area contributed by atoms with Gasteiger partial charge in [-0.1, -0.05) is 13.8 Å². The second-order valence-corrected chi connectivity index (χ2v) is 10.6. The van der Waals surface area contributed by atoms with Crippen LogP contribution in [-0.4, -0.2) is 69.7 Å².